The summed E-state index contributed by atoms with van der Waals surface area (Å²) in [6.45, 7) is 3.76. The summed E-state index contributed by atoms with van der Waals surface area (Å²) in [5, 5.41) is 20.9. The number of fused-ring (bicyclic) bond motifs is 2. The van der Waals surface area contributed by atoms with Gasteiger partial charge < -0.3 is 14.9 Å². The van der Waals surface area contributed by atoms with Gasteiger partial charge in [-0.2, -0.15) is 0 Å². The zero-order valence-corrected chi connectivity index (χ0v) is 19.5. The highest BCUT2D eigenvalue weighted by Crippen LogP contribution is 2.75. The lowest BCUT2D eigenvalue weighted by Crippen LogP contribution is -2.67. The Labute approximate surface area is 194 Å². The molecule has 1 spiro atoms. The second-order valence-electron chi connectivity index (χ2n) is 11.6. The molecule has 1 aromatic rings. The maximum absolute atomic E-state index is 13.1. The van der Waals surface area contributed by atoms with Crippen molar-refractivity contribution in [2.24, 2.45) is 33.5 Å². The first kappa shape index (κ1) is 22.6. The number of aliphatic carboxylic acids is 1. The minimum absolute atomic E-state index is 0.0682. The zero-order valence-electron chi connectivity index (χ0n) is 19.5. The van der Waals surface area contributed by atoms with E-state index in [0.717, 1.165) is 25.7 Å². The number of ketones is 1. The second kappa shape index (κ2) is 7.39. The van der Waals surface area contributed by atoms with Crippen molar-refractivity contribution in [3.05, 3.63) is 35.9 Å². The molecule has 1 aromatic carbocycles. The lowest BCUT2D eigenvalue weighted by molar-refractivity contribution is -0.233. The molecular weight excluding hydrogens is 420 g/mol. The molecular formula is C27H34O6. The Hall–Kier alpha value is -2.21. The number of hydrogen-bond acceptors (Lipinski definition) is 5. The van der Waals surface area contributed by atoms with Crippen molar-refractivity contribution in [3.8, 4) is 0 Å². The van der Waals surface area contributed by atoms with E-state index in [1.807, 2.05) is 6.07 Å². The van der Waals surface area contributed by atoms with Crippen LogP contribution in [0.15, 0.2) is 30.3 Å². The van der Waals surface area contributed by atoms with Gasteiger partial charge in [-0.05, 0) is 67.4 Å². The van der Waals surface area contributed by atoms with Gasteiger partial charge in [0.05, 0.1) is 17.6 Å². The summed E-state index contributed by atoms with van der Waals surface area (Å²) < 4.78 is 6.11. The number of aliphatic hydroxyl groups excluding tert-OH is 1. The number of esters is 1. The summed E-state index contributed by atoms with van der Waals surface area (Å²) in [6.07, 6.45) is 4.70. The average molecular weight is 455 g/mol. The number of rotatable bonds is 4. The Bertz CT molecular complexity index is 990. The third kappa shape index (κ3) is 2.92. The normalized spacial score (nSPS) is 44.0. The van der Waals surface area contributed by atoms with Crippen molar-refractivity contribution < 1.29 is 29.3 Å². The van der Waals surface area contributed by atoms with E-state index in [2.05, 4.69) is 13.8 Å². The van der Waals surface area contributed by atoms with Crippen LogP contribution in [-0.2, 0) is 14.3 Å². The molecule has 33 heavy (non-hydrogen) atoms. The predicted molar refractivity (Wildman–Crippen MR) is 120 cm³/mol. The molecule has 6 nitrogen and oxygen atoms in total. The fraction of sp³-hybridized carbons (Fsp3) is 0.667. The summed E-state index contributed by atoms with van der Waals surface area (Å²) >= 11 is 0. The molecule has 0 radical (unpaired) electrons. The van der Waals surface area contributed by atoms with E-state index in [-0.39, 0.29) is 16.7 Å². The number of carbonyl (C=O) groups is 3. The van der Waals surface area contributed by atoms with E-state index < -0.39 is 41.4 Å². The maximum atomic E-state index is 13.1. The lowest BCUT2D eigenvalue weighted by Gasteiger charge is -2.67. The van der Waals surface area contributed by atoms with Crippen molar-refractivity contribution >= 4 is 17.7 Å². The highest BCUT2D eigenvalue weighted by molar-refractivity contribution is 5.89. The number of benzene rings is 1. The van der Waals surface area contributed by atoms with Crippen LogP contribution in [0.25, 0.3) is 0 Å². The molecule has 7 atom stereocenters. The first-order chi connectivity index (χ1) is 15.6. The molecule has 0 heterocycles. The van der Waals surface area contributed by atoms with Gasteiger partial charge in [-0.15, -0.1) is 0 Å². The summed E-state index contributed by atoms with van der Waals surface area (Å²) in [7, 11) is 0. The number of carboxylic acid groups (broad SMARTS) is 1. The van der Waals surface area contributed by atoms with Gasteiger partial charge in [0.15, 0.2) is 0 Å². The van der Waals surface area contributed by atoms with Crippen LogP contribution in [0, 0.1) is 33.5 Å². The molecule has 4 saturated carbocycles. The number of aliphatic hydroxyl groups is 1. The fourth-order valence-electron chi connectivity index (χ4n) is 8.70. The van der Waals surface area contributed by atoms with Crippen LogP contribution in [0.3, 0.4) is 0 Å². The summed E-state index contributed by atoms with van der Waals surface area (Å²) in [6, 6.07) is 8.74. The van der Waals surface area contributed by atoms with Crippen LogP contribution >= 0.6 is 0 Å². The number of hydrogen-bond donors (Lipinski definition) is 2. The van der Waals surface area contributed by atoms with Crippen molar-refractivity contribution in [1.29, 1.82) is 0 Å². The van der Waals surface area contributed by atoms with Crippen LogP contribution in [-0.4, -0.2) is 40.6 Å². The van der Waals surface area contributed by atoms with Crippen molar-refractivity contribution in [2.45, 2.75) is 71.3 Å². The average Bonchev–Trinajstić information content (AvgIpc) is 3.13. The van der Waals surface area contributed by atoms with Crippen LogP contribution in [0.4, 0.5) is 0 Å². The van der Waals surface area contributed by atoms with E-state index in [1.54, 1.807) is 24.3 Å². The summed E-state index contributed by atoms with van der Waals surface area (Å²) in [5.74, 6) is -1.62. The van der Waals surface area contributed by atoms with Gasteiger partial charge in [0.1, 0.15) is 11.9 Å². The van der Waals surface area contributed by atoms with Gasteiger partial charge in [-0.25, -0.2) is 4.79 Å². The van der Waals surface area contributed by atoms with Crippen molar-refractivity contribution in [1.82, 2.24) is 0 Å². The van der Waals surface area contributed by atoms with Gasteiger partial charge in [0, 0.05) is 17.8 Å². The minimum Gasteiger partial charge on any atom is -0.481 e. The molecule has 178 valence electrons. The third-order valence-electron chi connectivity index (χ3n) is 10.3. The lowest BCUT2D eigenvalue weighted by atomic mass is 9.37. The Kier molecular flexibility index (Phi) is 5.06. The summed E-state index contributed by atoms with van der Waals surface area (Å²) in [5.41, 5.74) is -1.87. The van der Waals surface area contributed by atoms with Crippen LogP contribution in [0.5, 0.6) is 0 Å². The van der Waals surface area contributed by atoms with Gasteiger partial charge >= 0.3 is 11.9 Å². The van der Waals surface area contributed by atoms with Crippen LogP contribution in [0.1, 0.15) is 75.6 Å². The molecule has 0 saturated heterocycles. The Morgan fingerprint density at radius 1 is 1.09 bits per heavy atom. The largest absolute Gasteiger partial charge is 0.481 e. The highest BCUT2D eigenvalue weighted by atomic mass is 16.5. The maximum Gasteiger partial charge on any atom is 0.338 e. The molecule has 6 heteroatoms. The van der Waals surface area contributed by atoms with E-state index in [9.17, 15) is 24.6 Å². The molecule has 0 aliphatic heterocycles. The molecule has 4 aliphatic rings. The quantitative estimate of drug-likeness (QED) is 0.660. The van der Waals surface area contributed by atoms with Crippen LogP contribution < -0.4 is 0 Å². The van der Waals surface area contributed by atoms with Crippen molar-refractivity contribution in [3.63, 3.8) is 0 Å². The first-order valence-electron chi connectivity index (χ1n) is 12.3. The van der Waals surface area contributed by atoms with E-state index in [1.165, 1.54) is 0 Å². The number of ether oxygens (including phenoxy) is 1. The van der Waals surface area contributed by atoms with Crippen molar-refractivity contribution in [2.75, 3.05) is 6.61 Å². The molecule has 0 aromatic heterocycles. The molecule has 5 rings (SSSR count). The molecule has 4 fully saturated rings. The minimum atomic E-state index is -1.35. The SMILES string of the molecule is C[C@]12CC[C@]3(C1)[C@H](CC2=O)CC(OC(=O)c1ccccc1)[C@H]1[C@@](CO)(C(=O)O)CCC[C@@]13C. The molecule has 2 bridgehead atoms. The number of Topliss-reactive ketones (excluding diaryl/α,β-unsaturated/α-hetero) is 1. The zero-order chi connectivity index (χ0) is 23.6. The van der Waals surface area contributed by atoms with Gasteiger partial charge in [0.25, 0.3) is 0 Å². The van der Waals surface area contributed by atoms with Gasteiger partial charge in [-0.1, -0.05) is 38.5 Å². The molecule has 2 N–H and O–H groups in total. The first-order valence-corrected chi connectivity index (χ1v) is 12.3. The molecule has 1 unspecified atom stereocenters. The standard InChI is InChI=1S/C27H34O6/c1-24-11-12-27(15-24)18(14-20(24)29)13-19(33-22(30)17-7-4-3-5-8-17)21-25(27,2)9-6-10-26(21,16-28)23(31)32/h3-5,7-8,18-19,21,28H,6,9-16H2,1-2H3,(H,31,32)/t18-,19?,21+,24-,25-,26+,27-/m0/s1. The smallest absolute Gasteiger partial charge is 0.338 e. The van der Waals surface area contributed by atoms with E-state index in [0.29, 0.717) is 37.0 Å². The van der Waals surface area contributed by atoms with Gasteiger partial charge in [-0.3, -0.25) is 9.59 Å². The molecule has 0 amide bonds. The Balaban J connectivity index is 1.62. The molecule has 4 aliphatic carbocycles. The number of carboxylic acids is 1. The fourth-order valence-corrected chi connectivity index (χ4v) is 8.70. The van der Waals surface area contributed by atoms with E-state index >= 15 is 0 Å². The summed E-state index contributed by atoms with van der Waals surface area (Å²) in [4.78, 5) is 38.9. The third-order valence-corrected chi connectivity index (χ3v) is 10.3. The topological polar surface area (TPSA) is 101 Å². The van der Waals surface area contributed by atoms with Gasteiger partial charge in [0.2, 0.25) is 0 Å². The highest BCUT2D eigenvalue weighted by Gasteiger charge is 2.74. The number of carbonyl (C=O) groups excluding carboxylic acids is 2. The predicted octanol–water partition coefficient (Wildman–Crippen LogP) is 4.25. The second-order valence-corrected chi connectivity index (χ2v) is 11.6. The van der Waals surface area contributed by atoms with E-state index in [4.69, 9.17) is 4.74 Å². The monoisotopic (exact) mass is 454 g/mol. The Morgan fingerprint density at radius 3 is 2.48 bits per heavy atom. The Morgan fingerprint density at radius 2 is 1.82 bits per heavy atom. The van der Waals surface area contributed by atoms with Crippen LogP contribution in [0.2, 0.25) is 0 Å².